The van der Waals surface area contributed by atoms with Crippen LogP contribution < -0.4 is 10.6 Å². The van der Waals surface area contributed by atoms with Gasteiger partial charge in [0.2, 0.25) is 0 Å². The lowest BCUT2D eigenvalue weighted by Crippen LogP contribution is -2.40. The summed E-state index contributed by atoms with van der Waals surface area (Å²) in [5.74, 6) is 1.00. The smallest absolute Gasteiger partial charge is 0.191 e. The van der Waals surface area contributed by atoms with Crippen molar-refractivity contribution in [2.45, 2.75) is 47.7 Å². The zero-order chi connectivity index (χ0) is 19.1. The van der Waals surface area contributed by atoms with E-state index in [2.05, 4.69) is 40.6 Å². The second-order valence-corrected chi connectivity index (χ2v) is 6.87. The van der Waals surface area contributed by atoms with Crippen LogP contribution in [0.1, 0.15) is 36.4 Å². The maximum absolute atomic E-state index is 13.4. The summed E-state index contributed by atoms with van der Waals surface area (Å²) in [4.78, 5) is 4.60. The van der Waals surface area contributed by atoms with Gasteiger partial charge in [0.25, 0.3) is 0 Å². The van der Waals surface area contributed by atoms with Gasteiger partial charge in [-0.2, -0.15) is 5.10 Å². The van der Waals surface area contributed by atoms with Crippen molar-refractivity contribution >= 4 is 5.96 Å². The molecule has 2 aromatic rings. The third-order valence-electron chi connectivity index (χ3n) is 4.19. The monoisotopic (exact) mass is 359 g/mol. The summed E-state index contributed by atoms with van der Waals surface area (Å²) in [5, 5.41) is 11.2. The van der Waals surface area contributed by atoms with Crippen molar-refractivity contribution in [3.63, 3.8) is 0 Å². The topological polar surface area (TPSA) is 54.2 Å². The summed E-state index contributed by atoms with van der Waals surface area (Å²) in [7, 11) is 0. The summed E-state index contributed by atoms with van der Waals surface area (Å²) >= 11 is 0. The zero-order valence-electron chi connectivity index (χ0n) is 16.4. The van der Waals surface area contributed by atoms with E-state index in [0.717, 1.165) is 36.9 Å². The van der Waals surface area contributed by atoms with Crippen LogP contribution >= 0.6 is 0 Å². The Morgan fingerprint density at radius 3 is 2.62 bits per heavy atom. The molecule has 1 aromatic carbocycles. The molecule has 0 aliphatic rings. The Kier molecular flexibility index (Phi) is 7.18. The molecule has 6 heteroatoms. The molecular formula is C20H30FN5. The number of aryl methyl sites for hydroxylation is 3. The Balaban J connectivity index is 1.91. The van der Waals surface area contributed by atoms with E-state index in [1.165, 1.54) is 11.8 Å². The number of rotatable bonds is 7. The second-order valence-electron chi connectivity index (χ2n) is 6.87. The van der Waals surface area contributed by atoms with Crippen LogP contribution in [-0.4, -0.2) is 28.8 Å². The first-order valence-electron chi connectivity index (χ1n) is 9.17. The van der Waals surface area contributed by atoms with Gasteiger partial charge in [-0.05, 0) is 56.9 Å². The van der Waals surface area contributed by atoms with Gasteiger partial charge in [0, 0.05) is 25.3 Å². The van der Waals surface area contributed by atoms with Crippen LogP contribution in [0, 0.1) is 32.5 Å². The van der Waals surface area contributed by atoms with Crippen molar-refractivity contribution in [2.75, 3.05) is 13.1 Å². The van der Waals surface area contributed by atoms with Crippen LogP contribution in [0.2, 0.25) is 0 Å². The van der Waals surface area contributed by atoms with E-state index in [0.29, 0.717) is 18.0 Å². The highest BCUT2D eigenvalue weighted by molar-refractivity contribution is 5.79. The number of halogens is 1. The molecule has 0 aliphatic heterocycles. The van der Waals surface area contributed by atoms with Crippen LogP contribution in [0.3, 0.4) is 0 Å². The molecule has 142 valence electrons. The highest BCUT2D eigenvalue weighted by Crippen LogP contribution is 2.10. The molecule has 1 atom stereocenters. The fraction of sp³-hybridized carbons (Fsp3) is 0.500. The Bertz CT molecular complexity index is 751. The van der Waals surface area contributed by atoms with Gasteiger partial charge in [0.1, 0.15) is 5.82 Å². The van der Waals surface area contributed by atoms with E-state index in [4.69, 9.17) is 0 Å². The van der Waals surface area contributed by atoms with E-state index in [-0.39, 0.29) is 5.82 Å². The average Bonchev–Trinajstić information content (AvgIpc) is 2.90. The Morgan fingerprint density at radius 1 is 1.23 bits per heavy atom. The quantitative estimate of drug-likeness (QED) is 0.589. The molecule has 26 heavy (non-hydrogen) atoms. The average molecular weight is 359 g/mol. The van der Waals surface area contributed by atoms with Gasteiger partial charge in [0.05, 0.1) is 12.2 Å². The first-order chi connectivity index (χ1) is 12.4. The molecule has 0 amide bonds. The predicted molar refractivity (Wildman–Crippen MR) is 105 cm³/mol. The summed E-state index contributed by atoms with van der Waals surface area (Å²) in [6, 6.07) is 7.21. The minimum atomic E-state index is -0.180. The minimum absolute atomic E-state index is 0.180. The molecule has 0 radical (unpaired) electrons. The number of guanidine groups is 1. The molecule has 0 spiro atoms. The highest BCUT2D eigenvalue weighted by atomic mass is 19.1. The van der Waals surface area contributed by atoms with E-state index >= 15 is 0 Å². The number of nitrogens with zero attached hydrogens (tertiary/aromatic N) is 3. The SMILES string of the molecule is CCNC(=NCc1ccc(F)c(C)c1)NCC(C)Cn1nc(C)cc1C. The summed E-state index contributed by atoms with van der Waals surface area (Å²) in [5.41, 5.74) is 3.87. The van der Waals surface area contributed by atoms with Crippen molar-refractivity contribution in [1.29, 1.82) is 0 Å². The number of hydrogen-bond acceptors (Lipinski definition) is 2. The van der Waals surface area contributed by atoms with Gasteiger partial charge < -0.3 is 10.6 Å². The molecule has 1 aromatic heterocycles. The van der Waals surface area contributed by atoms with Gasteiger partial charge >= 0.3 is 0 Å². The third kappa shape index (κ3) is 5.86. The van der Waals surface area contributed by atoms with E-state index < -0.39 is 0 Å². The Hall–Kier alpha value is -2.37. The number of benzene rings is 1. The van der Waals surface area contributed by atoms with Crippen LogP contribution in [-0.2, 0) is 13.1 Å². The van der Waals surface area contributed by atoms with Crippen molar-refractivity contribution in [1.82, 2.24) is 20.4 Å². The maximum Gasteiger partial charge on any atom is 0.191 e. The molecule has 5 nitrogen and oxygen atoms in total. The van der Waals surface area contributed by atoms with Gasteiger partial charge in [-0.25, -0.2) is 9.38 Å². The molecule has 0 fully saturated rings. The molecule has 1 heterocycles. The predicted octanol–water partition coefficient (Wildman–Crippen LogP) is 3.34. The van der Waals surface area contributed by atoms with Crippen molar-refractivity contribution in [3.8, 4) is 0 Å². The fourth-order valence-electron chi connectivity index (χ4n) is 2.81. The van der Waals surface area contributed by atoms with Gasteiger partial charge in [-0.3, -0.25) is 4.68 Å². The summed E-state index contributed by atoms with van der Waals surface area (Å²) < 4.78 is 15.4. The number of aliphatic imine (C=N–C) groups is 1. The number of aromatic nitrogens is 2. The van der Waals surface area contributed by atoms with E-state index in [1.54, 1.807) is 13.0 Å². The lowest BCUT2D eigenvalue weighted by molar-refractivity contribution is 0.436. The molecule has 1 unspecified atom stereocenters. The van der Waals surface area contributed by atoms with Gasteiger partial charge in [-0.15, -0.1) is 0 Å². The number of nitrogens with one attached hydrogen (secondary N) is 2. The van der Waals surface area contributed by atoms with Crippen LogP contribution in [0.15, 0.2) is 29.3 Å². The molecule has 2 rings (SSSR count). The zero-order valence-corrected chi connectivity index (χ0v) is 16.4. The molecule has 0 aliphatic carbocycles. The lowest BCUT2D eigenvalue weighted by Gasteiger charge is -2.17. The van der Waals surface area contributed by atoms with Crippen molar-refractivity contribution in [2.24, 2.45) is 10.9 Å². The molecule has 2 N–H and O–H groups in total. The molecule has 0 saturated heterocycles. The normalized spacial score (nSPS) is 12.9. The lowest BCUT2D eigenvalue weighted by atomic mass is 10.1. The first-order valence-corrected chi connectivity index (χ1v) is 9.17. The second kappa shape index (κ2) is 9.36. The van der Waals surface area contributed by atoms with Crippen molar-refractivity contribution < 1.29 is 4.39 Å². The first kappa shape index (κ1) is 19.9. The largest absolute Gasteiger partial charge is 0.357 e. The molecule has 0 saturated carbocycles. The molecule has 0 bridgehead atoms. The van der Waals surface area contributed by atoms with Gasteiger partial charge in [-0.1, -0.05) is 19.1 Å². The maximum atomic E-state index is 13.4. The third-order valence-corrected chi connectivity index (χ3v) is 4.19. The minimum Gasteiger partial charge on any atom is -0.357 e. The van der Waals surface area contributed by atoms with E-state index in [9.17, 15) is 4.39 Å². The van der Waals surface area contributed by atoms with E-state index in [1.807, 2.05) is 24.6 Å². The number of hydrogen-bond donors (Lipinski definition) is 2. The van der Waals surface area contributed by atoms with Gasteiger partial charge in [0.15, 0.2) is 5.96 Å². The van der Waals surface area contributed by atoms with Crippen LogP contribution in [0.25, 0.3) is 0 Å². The molecular weight excluding hydrogens is 329 g/mol. The fourth-order valence-corrected chi connectivity index (χ4v) is 2.81. The van der Waals surface area contributed by atoms with Crippen LogP contribution in [0.4, 0.5) is 4.39 Å². The Morgan fingerprint density at radius 2 is 2.00 bits per heavy atom. The Labute approximate surface area is 155 Å². The van der Waals surface area contributed by atoms with Crippen molar-refractivity contribution in [3.05, 3.63) is 52.6 Å². The highest BCUT2D eigenvalue weighted by Gasteiger charge is 2.08. The standard InChI is InChI=1S/C20H30FN5/c1-6-22-20(24-12-18-7-8-19(21)15(3)9-18)23-11-14(2)13-26-17(5)10-16(4)25-26/h7-10,14H,6,11-13H2,1-5H3,(H2,22,23,24). The van der Waals surface area contributed by atoms with Crippen LogP contribution in [0.5, 0.6) is 0 Å². The summed E-state index contributed by atoms with van der Waals surface area (Å²) in [6.07, 6.45) is 0. The summed E-state index contributed by atoms with van der Waals surface area (Å²) in [6.45, 7) is 13.1.